The number of aromatic nitrogens is 3. The number of rotatable bonds is 3. The number of hydrogen-bond acceptors (Lipinski definition) is 3. The summed E-state index contributed by atoms with van der Waals surface area (Å²) in [6, 6.07) is 32.8. The van der Waals surface area contributed by atoms with Crippen molar-refractivity contribution in [3.8, 4) is 34.2 Å². The molecular weight excluding hydrogens is 354 g/mol. The van der Waals surface area contributed by atoms with Gasteiger partial charge in [-0.25, -0.2) is 15.0 Å². The third-order valence-corrected chi connectivity index (χ3v) is 5.08. The van der Waals surface area contributed by atoms with Crippen LogP contribution >= 0.6 is 0 Å². The van der Waals surface area contributed by atoms with Gasteiger partial charge in [-0.15, -0.1) is 0 Å². The lowest BCUT2D eigenvalue weighted by Crippen LogP contribution is -2.01. The van der Waals surface area contributed by atoms with Crippen molar-refractivity contribution in [2.24, 2.45) is 0 Å². The second-order valence-corrected chi connectivity index (χ2v) is 7.01. The Bertz CT molecular complexity index is 1300. The summed E-state index contributed by atoms with van der Waals surface area (Å²) in [5.41, 5.74) is 4.15. The van der Waals surface area contributed by atoms with Crippen LogP contribution in [0.1, 0.15) is 5.56 Å². The van der Waals surface area contributed by atoms with Crippen LogP contribution in [0.15, 0.2) is 97.1 Å². The molecule has 0 fully saturated rings. The van der Waals surface area contributed by atoms with Crippen molar-refractivity contribution in [3.63, 3.8) is 0 Å². The van der Waals surface area contributed by atoms with Crippen LogP contribution in [0.4, 0.5) is 0 Å². The average molecular weight is 373 g/mol. The van der Waals surface area contributed by atoms with Crippen molar-refractivity contribution in [1.82, 2.24) is 15.0 Å². The Morgan fingerprint density at radius 2 is 1.07 bits per heavy atom. The van der Waals surface area contributed by atoms with Crippen LogP contribution in [0.5, 0.6) is 0 Å². The predicted octanol–water partition coefficient (Wildman–Crippen LogP) is 6.33. The van der Waals surface area contributed by atoms with E-state index in [2.05, 4.69) is 49.4 Å². The summed E-state index contributed by atoms with van der Waals surface area (Å²) in [5.74, 6) is 2.07. The van der Waals surface area contributed by atoms with Crippen LogP contribution in [0.2, 0.25) is 0 Å². The lowest BCUT2D eigenvalue weighted by atomic mass is 10.0. The normalized spacial score (nSPS) is 10.9. The molecule has 0 aliphatic carbocycles. The topological polar surface area (TPSA) is 38.7 Å². The lowest BCUT2D eigenvalue weighted by molar-refractivity contribution is 1.07. The maximum Gasteiger partial charge on any atom is 0.164 e. The molecule has 0 N–H and O–H groups in total. The minimum Gasteiger partial charge on any atom is -0.208 e. The number of aryl methyl sites for hydroxylation is 1. The van der Waals surface area contributed by atoms with E-state index >= 15 is 0 Å². The van der Waals surface area contributed by atoms with Gasteiger partial charge in [0.15, 0.2) is 17.5 Å². The molecule has 0 saturated carbocycles. The third-order valence-electron chi connectivity index (χ3n) is 5.08. The minimum absolute atomic E-state index is 0.682. The first-order valence-electron chi connectivity index (χ1n) is 9.65. The average Bonchev–Trinajstić information content (AvgIpc) is 2.79. The number of nitrogens with zero attached hydrogens (tertiary/aromatic N) is 3. The summed E-state index contributed by atoms with van der Waals surface area (Å²) in [7, 11) is 0. The first-order valence-corrected chi connectivity index (χ1v) is 9.65. The second kappa shape index (κ2) is 7.28. The minimum atomic E-state index is 0.682. The van der Waals surface area contributed by atoms with Gasteiger partial charge in [0.05, 0.1) is 0 Å². The molecule has 0 atom stereocenters. The Kier molecular flexibility index (Phi) is 4.34. The summed E-state index contributed by atoms with van der Waals surface area (Å²) >= 11 is 0. The van der Waals surface area contributed by atoms with E-state index in [1.54, 1.807) is 0 Å². The van der Waals surface area contributed by atoms with E-state index in [0.29, 0.717) is 17.5 Å². The van der Waals surface area contributed by atoms with Gasteiger partial charge in [0.1, 0.15) is 0 Å². The third kappa shape index (κ3) is 3.27. The maximum absolute atomic E-state index is 4.89. The molecule has 3 heteroatoms. The molecule has 5 rings (SSSR count). The molecule has 3 nitrogen and oxygen atoms in total. The van der Waals surface area contributed by atoms with Crippen molar-refractivity contribution in [3.05, 3.63) is 103 Å². The summed E-state index contributed by atoms with van der Waals surface area (Å²) in [6.07, 6.45) is 0. The van der Waals surface area contributed by atoms with E-state index in [9.17, 15) is 0 Å². The van der Waals surface area contributed by atoms with Gasteiger partial charge < -0.3 is 0 Å². The van der Waals surface area contributed by atoms with Crippen molar-refractivity contribution in [2.45, 2.75) is 6.92 Å². The van der Waals surface area contributed by atoms with Crippen LogP contribution in [-0.4, -0.2) is 15.0 Å². The molecule has 138 valence electrons. The Hall–Kier alpha value is -3.85. The van der Waals surface area contributed by atoms with Gasteiger partial charge in [-0.1, -0.05) is 97.1 Å². The highest BCUT2D eigenvalue weighted by molar-refractivity contribution is 5.95. The molecule has 1 aromatic heterocycles. The first kappa shape index (κ1) is 17.3. The zero-order valence-corrected chi connectivity index (χ0v) is 16.1. The molecule has 5 aromatic rings. The summed E-state index contributed by atoms with van der Waals surface area (Å²) in [4.78, 5) is 14.6. The van der Waals surface area contributed by atoms with E-state index in [1.807, 2.05) is 54.6 Å². The summed E-state index contributed by atoms with van der Waals surface area (Å²) in [6.45, 7) is 2.08. The highest BCUT2D eigenvalue weighted by Gasteiger charge is 2.14. The van der Waals surface area contributed by atoms with E-state index < -0.39 is 0 Å². The molecule has 1 heterocycles. The number of hydrogen-bond donors (Lipinski definition) is 0. The Morgan fingerprint density at radius 3 is 1.90 bits per heavy atom. The van der Waals surface area contributed by atoms with Gasteiger partial charge in [-0.05, 0) is 23.3 Å². The highest BCUT2D eigenvalue weighted by Crippen LogP contribution is 2.30. The molecule has 0 aliphatic heterocycles. The zero-order chi connectivity index (χ0) is 19.6. The molecule has 0 saturated heterocycles. The quantitative estimate of drug-likeness (QED) is 0.371. The molecule has 0 unspecified atom stereocenters. The Morgan fingerprint density at radius 1 is 0.483 bits per heavy atom. The molecule has 0 radical (unpaired) electrons. The van der Waals surface area contributed by atoms with E-state index in [1.165, 1.54) is 5.39 Å². The number of benzene rings is 4. The summed E-state index contributed by atoms with van der Waals surface area (Å²) in [5, 5.41) is 2.31. The van der Waals surface area contributed by atoms with Crippen LogP contribution in [0.3, 0.4) is 0 Å². The fraction of sp³-hybridized carbons (Fsp3) is 0.0385. The van der Waals surface area contributed by atoms with Gasteiger partial charge in [-0.3, -0.25) is 0 Å². The first-order chi connectivity index (χ1) is 14.3. The second-order valence-electron chi connectivity index (χ2n) is 7.01. The smallest absolute Gasteiger partial charge is 0.164 e. The van der Waals surface area contributed by atoms with Gasteiger partial charge in [0.25, 0.3) is 0 Å². The molecular formula is C26H19N3. The van der Waals surface area contributed by atoms with E-state index in [4.69, 9.17) is 15.0 Å². The van der Waals surface area contributed by atoms with E-state index in [0.717, 1.165) is 27.6 Å². The summed E-state index contributed by atoms with van der Waals surface area (Å²) < 4.78 is 0. The van der Waals surface area contributed by atoms with Crippen molar-refractivity contribution in [2.75, 3.05) is 0 Å². The van der Waals surface area contributed by atoms with Gasteiger partial charge in [0.2, 0.25) is 0 Å². The molecule has 0 spiro atoms. The monoisotopic (exact) mass is 373 g/mol. The standard InChI is InChI=1S/C26H19N3/c1-18-10-5-7-15-21(18)25-27-24(20-12-3-2-4-13-20)28-26(29-25)23-17-9-14-19-11-6-8-16-22(19)23/h2-17H,1H3. The van der Waals surface area contributed by atoms with Crippen LogP contribution < -0.4 is 0 Å². The largest absolute Gasteiger partial charge is 0.208 e. The van der Waals surface area contributed by atoms with Gasteiger partial charge in [0, 0.05) is 16.7 Å². The fourth-order valence-electron chi connectivity index (χ4n) is 3.58. The molecule has 0 bridgehead atoms. The molecule has 29 heavy (non-hydrogen) atoms. The van der Waals surface area contributed by atoms with Crippen LogP contribution in [0, 0.1) is 6.92 Å². The lowest BCUT2D eigenvalue weighted by Gasteiger charge is -2.11. The Balaban J connectivity index is 1.79. The van der Waals surface area contributed by atoms with Gasteiger partial charge in [-0.2, -0.15) is 0 Å². The molecule has 0 aliphatic rings. The van der Waals surface area contributed by atoms with Gasteiger partial charge >= 0.3 is 0 Å². The Labute approximate surface area is 169 Å². The highest BCUT2D eigenvalue weighted by atomic mass is 15.0. The van der Waals surface area contributed by atoms with Crippen molar-refractivity contribution < 1.29 is 0 Å². The van der Waals surface area contributed by atoms with E-state index in [-0.39, 0.29) is 0 Å². The molecule has 4 aromatic carbocycles. The zero-order valence-electron chi connectivity index (χ0n) is 16.1. The maximum atomic E-state index is 4.89. The van der Waals surface area contributed by atoms with Crippen molar-refractivity contribution >= 4 is 10.8 Å². The number of fused-ring (bicyclic) bond motifs is 1. The van der Waals surface area contributed by atoms with Crippen molar-refractivity contribution in [1.29, 1.82) is 0 Å². The van der Waals surface area contributed by atoms with Crippen LogP contribution in [-0.2, 0) is 0 Å². The predicted molar refractivity (Wildman–Crippen MR) is 118 cm³/mol. The van der Waals surface area contributed by atoms with Crippen LogP contribution in [0.25, 0.3) is 44.9 Å². The SMILES string of the molecule is Cc1ccccc1-c1nc(-c2ccccc2)nc(-c2cccc3ccccc23)n1. The molecule has 0 amide bonds. The fourth-order valence-corrected chi connectivity index (χ4v) is 3.58.